The lowest BCUT2D eigenvalue weighted by atomic mass is 10.1. The normalized spacial score (nSPS) is 11.6. The molecule has 0 saturated carbocycles. The van der Waals surface area contributed by atoms with E-state index in [-0.39, 0.29) is 11.9 Å². The molecule has 140 valence electrons. The third kappa shape index (κ3) is 5.14. The van der Waals surface area contributed by atoms with Crippen LogP contribution >= 0.6 is 15.9 Å². The summed E-state index contributed by atoms with van der Waals surface area (Å²) in [6, 6.07) is 11.6. The van der Waals surface area contributed by atoms with Gasteiger partial charge in [0.25, 0.3) is 0 Å². The fourth-order valence-corrected chi connectivity index (χ4v) is 2.95. The summed E-state index contributed by atoms with van der Waals surface area (Å²) in [6.45, 7) is 1.97. The summed E-state index contributed by atoms with van der Waals surface area (Å²) in [5.41, 5.74) is 2.01. The third-order valence-corrected chi connectivity index (χ3v) is 4.64. The van der Waals surface area contributed by atoms with Crippen LogP contribution in [0.25, 0.3) is 0 Å². The summed E-state index contributed by atoms with van der Waals surface area (Å²) in [5, 5.41) is 3.02. The number of carbonyl (C=O) groups is 1. The van der Waals surface area contributed by atoms with Crippen molar-refractivity contribution >= 4 is 21.8 Å². The molecule has 2 rings (SSSR count). The molecule has 1 unspecified atom stereocenters. The highest BCUT2D eigenvalue weighted by atomic mass is 79.9. The van der Waals surface area contributed by atoms with Crippen molar-refractivity contribution < 1.29 is 19.0 Å². The van der Waals surface area contributed by atoms with E-state index in [1.165, 1.54) is 0 Å². The number of ether oxygens (including phenoxy) is 3. The Morgan fingerprint density at radius 3 is 2.12 bits per heavy atom. The van der Waals surface area contributed by atoms with Crippen LogP contribution < -0.4 is 19.5 Å². The largest absolute Gasteiger partial charge is 0.493 e. The number of benzene rings is 2. The van der Waals surface area contributed by atoms with E-state index >= 15 is 0 Å². The van der Waals surface area contributed by atoms with Crippen molar-refractivity contribution in [3.8, 4) is 17.2 Å². The SMILES string of the molecule is COc1cc(CCC(=O)NC(C)c2ccc(Br)cc2)cc(OC)c1OC. The summed E-state index contributed by atoms with van der Waals surface area (Å²) in [6.07, 6.45) is 0.953. The van der Waals surface area contributed by atoms with Crippen molar-refractivity contribution in [2.75, 3.05) is 21.3 Å². The van der Waals surface area contributed by atoms with Gasteiger partial charge in [0.05, 0.1) is 27.4 Å². The molecule has 5 nitrogen and oxygen atoms in total. The molecule has 0 aromatic heterocycles. The van der Waals surface area contributed by atoms with Gasteiger partial charge in [0.15, 0.2) is 11.5 Å². The average molecular weight is 422 g/mol. The minimum atomic E-state index is -0.0458. The second-order valence-corrected chi connectivity index (χ2v) is 6.79. The Balaban J connectivity index is 1.99. The topological polar surface area (TPSA) is 56.8 Å². The summed E-state index contributed by atoms with van der Waals surface area (Å²) in [4.78, 5) is 12.3. The van der Waals surface area contributed by atoms with Gasteiger partial charge in [-0.05, 0) is 48.7 Å². The summed E-state index contributed by atoms with van der Waals surface area (Å²) < 4.78 is 17.0. The predicted molar refractivity (Wildman–Crippen MR) is 105 cm³/mol. The Hall–Kier alpha value is -2.21. The molecule has 6 heteroatoms. The fraction of sp³-hybridized carbons (Fsp3) is 0.350. The van der Waals surface area contributed by atoms with E-state index < -0.39 is 0 Å². The fourth-order valence-electron chi connectivity index (χ4n) is 2.69. The Kier molecular flexibility index (Phi) is 7.33. The summed E-state index contributed by atoms with van der Waals surface area (Å²) in [7, 11) is 4.72. The molecular weight excluding hydrogens is 398 g/mol. The lowest BCUT2D eigenvalue weighted by Crippen LogP contribution is -2.26. The number of rotatable bonds is 8. The molecule has 2 aromatic carbocycles. The zero-order valence-electron chi connectivity index (χ0n) is 15.5. The molecule has 1 N–H and O–H groups in total. The number of hydrogen-bond acceptors (Lipinski definition) is 4. The first-order valence-electron chi connectivity index (χ1n) is 8.32. The lowest BCUT2D eigenvalue weighted by molar-refractivity contribution is -0.121. The van der Waals surface area contributed by atoms with Crippen molar-refractivity contribution in [2.24, 2.45) is 0 Å². The number of hydrogen-bond donors (Lipinski definition) is 1. The van der Waals surface area contributed by atoms with E-state index in [0.29, 0.717) is 30.1 Å². The highest BCUT2D eigenvalue weighted by molar-refractivity contribution is 9.10. The number of nitrogens with one attached hydrogen (secondary N) is 1. The molecule has 0 aliphatic carbocycles. The van der Waals surface area contributed by atoms with Gasteiger partial charge in [-0.1, -0.05) is 28.1 Å². The standard InChI is InChI=1S/C20H24BrNO4/c1-13(15-6-8-16(21)9-7-15)22-19(23)10-5-14-11-17(24-2)20(26-4)18(12-14)25-3/h6-9,11-13H,5,10H2,1-4H3,(H,22,23). The molecule has 0 radical (unpaired) electrons. The van der Waals surface area contributed by atoms with Crippen molar-refractivity contribution in [3.05, 3.63) is 52.0 Å². The van der Waals surface area contributed by atoms with Crippen molar-refractivity contribution in [3.63, 3.8) is 0 Å². The van der Waals surface area contributed by atoms with Crippen LogP contribution in [0.2, 0.25) is 0 Å². The summed E-state index contributed by atoms with van der Waals surface area (Å²) >= 11 is 3.41. The van der Waals surface area contributed by atoms with Gasteiger partial charge < -0.3 is 19.5 Å². The Morgan fingerprint density at radius 2 is 1.62 bits per heavy atom. The van der Waals surface area contributed by atoms with Crippen molar-refractivity contribution in [2.45, 2.75) is 25.8 Å². The van der Waals surface area contributed by atoms with Crippen LogP contribution in [0.4, 0.5) is 0 Å². The molecule has 0 bridgehead atoms. The molecule has 1 amide bonds. The molecule has 0 saturated heterocycles. The highest BCUT2D eigenvalue weighted by Gasteiger charge is 2.15. The highest BCUT2D eigenvalue weighted by Crippen LogP contribution is 2.38. The van der Waals surface area contributed by atoms with Gasteiger partial charge >= 0.3 is 0 Å². The van der Waals surface area contributed by atoms with Gasteiger partial charge in [-0.2, -0.15) is 0 Å². The van der Waals surface area contributed by atoms with Crippen LogP contribution in [0.1, 0.15) is 30.5 Å². The van der Waals surface area contributed by atoms with Gasteiger partial charge in [-0.25, -0.2) is 0 Å². The van der Waals surface area contributed by atoms with E-state index in [0.717, 1.165) is 15.6 Å². The van der Waals surface area contributed by atoms with Crippen LogP contribution in [0.15, 0.2) is 40.9 Å². The van der Waals surface area contributed by atoms with Gasteiger partial charge in [0.1, 0.15) is 0 Å². The Morgan fingerprint density at radius 1 is 1.04 bits per heavy atom. The number of aryl methyl sites for hydroxylation is 1. The zero-order valence-corrected chi connectivity index (χ0v) is 17.1. The number of amides is 1. The van der Waals surface area contributed by atoms with E-state index in [1.54, 1.807) is 21.3 Å². The maximum absolute atomic E-state index is 12.3. The van der Waals surface area contributed by atoms with Gasteiger partial charge in [-0.3, -0.25) is 4.79 Å². The monoisotopic (exact) mass is 421 g/mol. The molecule has 1 atom stereocenters. The first-order valence-corrected chi connectivity index (χ1v) is 9.11. The average Bonchev–Trinajstić information content (AvgIpc) is 2.65. The van der Waals surface area contributed by atoms with Crippen LogP contribution in [0.3, 0.4) is 0 Å². The maximum Gasteiger partial charge on any atom is 0.220 e. The molecule has 0 aliphatic rings. The Labute approximate surface area is 162 Å². The van der Waals surface area contributed by atoms with Crippen LogP contribution in [0, 0.1) is 0 Å². The van der Waals surface area contributed by atoms with E-state index in [2.05, 4.69) is 21.2 Å². The minimum Gasteiger partial charge on any atom is -0.493 e. The zero-order chi connectivity index (χ0) is 19.1. The molecule has 0 spiro atoms. The number of carbonyl (C=O) groups excluding carboxylic acids is 1. The molecular formula is C20H24BrNO4. The minimum absolute atomic E-state index is 0.00540. The number of methoxy groups -OCH3 is 3. The van der Waals surface area contributed by atoms with Crippen molar-refractivity contribution in [1.82, 2.24) is 5.32 Å². The predicted octanol–water partition coefficient (Wildman–Crippen LogP) is 4.28. The Bertz CT molecular complexity index is 721. The summed E-state index contributed by atoms with van der Waals surface area (Å²) in [5.74, 6) is 1.72. The van der Waals surface area contributed by atoms with E-state index in [4.69, 9.17) is 14.2 Å². The van der Waals surface area contributed by atoms with Crippen LogP contribution in [0.5, 0.6) is 17.2 Å². The molecule has 0 heterocycles. The van der Waals surface area contributed by atoms with Gasteiger partial charge in [0.2, 0.25) is 11.7 Å². The van der Waals surface area contributed by atoms with E-state index in [9.17, 15) is 4.79 Å². The van der Waals surface area contributed by atoms with Gasteiger partial charge in [0, 0.05) is 10.9 Å². The van der Waals surface area contributed by atoms with Gasteiger partial charge in [-0.15, -0.1) is 0 Å². The third-order valence-electron chi connectivity index (χ3n) is 4.11. The van der Waals surface area contributed by atoms with Crippen LogP contribution in [-0.4, -0.2) is 27.2 Å². The van der Waals surface area contributed by atoms with E-state index in [1.807, 2.05) is 43.3 Å². The first kappa shape index (κ1) is 20.1. The smallest absolute Gasteiger partial charge is 0.220 e. The molecule has 26 heavy (non-hydrogen) atoms. The quantitative estimate of drug-likeness (QED) is 0.690. The van der Waals surface area contributed by atoms with Crippen LogP contribution in [-0.2, 0) is 11.2 Å². The molecule has 0 aliphatic heterocycles. The van der Waals surface area contributed by atoms with Crippen molar-refractivity contribution in [1.29, 1.82) is 0 Å². The lowest BCUT2D eigenvalue weighted by Gasteiger charge is -2.16. The second kappa shape index (κ2) is 9.48. The first-order chi connectivity index (χ1) is 12.5. The maximum atomic E-state index is 12.3. The number of halogens is 1. The molecule has 0 fully saturated rings. The second-order valence-electron chi connectivity index (χ2n) is 5.87. The molecule has 2 aromatic rings.